The molecular formula is C22H30MoN8O2S8. The molecule has 4 rings (SSSR count). The molecule has 2 fully saturated rings. The summed E-state index contributed by atoms with van der Waals surface area (Å²) in [6.07, 6.45) is 10.7. The van der Waals surface area contributed by atoms with Gasteiger partial charge in [-0.3, -0.25) is 0 Å². The molecule has 2 aliphatic heterocycles. The van der Waals surface area contributed by atoms with Crippen molar-refractivity contribution in [3.05, 3.63) is 36.7 Å². The molecular weight excluding hydrogens is 761 g/mol. The molecule has 0 unspecified atom stereocenters. The van der Waals surface area contributed by atoms with Crippen LogP contribution in [0.4, 0.5) is 11.6 Å². The number of hydrogen-bond donors (Lipinski definition) is 4. The standard InChI is InChI=1S/2C11H16N4S4.Mo.2O/c2*16-10(17)14(9-5-4-6-12-9)15(11(18)19)13-7-2-1-3-8-13;;;/h2*4-6,12H,1-3,7-8H2,(H,16,17)(H,18,19);;;/q;;+2;;/p-2. The molecule has 0 radical (unpaired) electrons. The van der Waals surface area contributed by atoms with E-state index < -0.39 is 18.5 Å². The molecule has 0 spiro atoms. The Morgan fingerprint density at radius 1 is 0.707 bits per heavy atom. The number of rotatable bonds is 4. The Morgan fingerprint density at radius 3 is 1.24 bits per heavy atom. The second-order valence-electron chi connectivity index (χ2n) is 8.51. The van der Waals surface area contributed by atoms with Gasteiger partial charge in [-0.15, -0.1) is 25.3 Å². The fraction of sp³-hybridized carbons (Fsp3) is 0.455. The van der Waals surface area contributed by atoms with Gasteiger partial charge in [0.05, 0.1) is 0 Å². The first kappa shape index (κ1) is 36.7. The molecule has 2 aliphatic rings. The number of piperidine rings is 2. The van der Waals surface area contributed by atoms with Crippen LogP contribution in [0.2, 0.25) is 0 Å². The number of thiol groups is 2. The van der Waals surface area contributed by atoms with Crippen molar-refractivity contribution in [2.45, 2.75) is 38.5 Å². The molecule has 4 heterocycles. The van der Waals surface area contributed by atoms with E-state index in [1.807, 2.05) is 36.7 Å². The minimum absolute atomic E-state index is 0.341. The van der Waals surface area contributed by atoms with E-state index in [1.54, 1.807) is 20.3 Å². The normalized spacial score (nSPS) is 15.1. The number of aromatic amines is 2. The monoisotopic (exact) mass is 792 g/mol. The summed E-state index contributed by atoms with van der Waals surface area (Å²) in [5, 5.41) is 11.3. The minimum atomic E-state index is -2.03. The maximum atomic E-state index is 8.50. The number of anilines is 2. The van der Waals surface area contributed by atoms with Crippen LogP contribution in [-0.2, 0) is 50.5 Å². The Morgan fingerprint density at radius 2 is 1.02 bits per heavy atom. The summed E-state index contributed by atoms with van der Waals surface area (Å²) >= 11 is 37.9. The Hall–Kier alpha value is -0.532. The van der Waals surface area contributed by atoms with Crippen LogP contribution in [0.1, 0.15) is 38.5 Å². The van der Waals surface area contributed by atoms with Crippen molar-refractivity contribution in [3.8, 4) is 0 Å². The molecule has 2 N–H and O–H groups in total. The van der Waals surface area contributed by atoms with Gasteiger partial charge >= 0.3 is 25.3 Å². The van der Waals surface area contributed by atoms with Crippen molar-refractivity contribution in [2.75, 3.05) is 36.2 Å². The molecule has 19 heteroatoms. The van der Waals surface area contributed by atoms with E-state index in [9.17, 15) is 0 Å². The van der Waals surface area contributed by atoms with Crippen LogP contribution in [0.25, 0.3) is 0 Å². The van der Waals surface area contributed by atoms with E-state index in [0.29, 0.717) is 17.3 Å². The van der Waals surface area contributed by atoms with Gasteiger partial charge in [-0.05, 0) is 58.6 Å². The van der Waals surface area contributed by atoms with Gasteiger partial charge < -0.3 is 59.7 Å². The van der Waals surface area contributed by atoms with Crippen LogP contribution in [0, 0.1) is 0 Å². The Labute approximate surface area is 292 Å². The fourth-order valence-electron chi connectivity index (χ4n) is 4.26. The molecule has 0 atom stereocenters. The van der Waals surface area contributed by atoms with Crippen molar-refractivity contribution < 1.29 is 25.3 Å². The van der Waals surface area contributed by atoms with E-state index in [1.165, 1.54) is 12.8 Å². The zero-order chi connectivity index (χ0) is 30.4. The fourth-order valence-corrected chi connectivity index (χ4v) is 5.78. The maximum absolute atomic E-state index is 8.50. The van der Waals surface area contributed by atoms with E-state index in [0.717, 1.165) is 63.5 Å². The van der Waals surface area contributed by atoms with Crippen molar-refractivity contribution in [1.29, 1.82) is 0 Å². The number of H-pyrrole nitrogens is 2. The molecule has 2 saturated heterocycles. The third-order valence-electron chi connectivity index (χ3n) is 5.89. The third kappa shape index (κ3) is 11.5. The van der Waals surface area contributed by atoms with Gasteiger partial charge in [-0.2, -0.15) is 0 Å². The van der Waals surface area contributed by atoms with Gasteiger partial charge in [-0.1, -0.05) is 37.3 Å². The summed E-state index contributed by atoms with van der Waals surface area (Å²) in [4.78, 5) is 6.22. The van der Waals surface area contributed by atoms with Crippen LogP contribution >= 0.6 is 74.1 Å². The van der Waals surface area contributed by atoms with E-state index in [2.05, 4.69) is 45.2 Å². The first-order chi connectivity index (χ1) is 19.6. The van der Waals surface area contributed by atoms with Crippen molar-refractivity contribution in [2.24, 2.45) is 0 Å². The molecule has 41 heavy (non-hydrogen) atoms. The Kier molecular flexibility index (Phi) is 17.6. The van der Waals surface area contributed by atoms with Gasteiger partial charge in [0.25, 0.3) is 0 Å². The van der Waals surface area contributed by atoms with Crippen LogP contribution in [0.5, 0.6) is 0 Å². The number of aromatic nitrogens is 2. The average molecular weight is 791 g/mol. The summed E-state index contributed by atoms with van der Waals surface area (Å²) < 4.78 is 18.5. The summed E-state index contributed by atoms with van der Waals surface area (Å²) in [6.45, 7) is 3.68. The van der Waals surface area contributed by atoms with Gasteiger partial charge in [-0.25, -0.2) is 30.3 Å². The van der Waals surface area contributed by atoms with Crippen molar-refractivity contribution in [3.63, 3.8) is 0 Å². The third-order valence-corrected chi connectivity index (χ3v) is 7.27. The molecule has 0 saturated carbocycles. The van der Waals surface area contributed by atoms with E-state index >= 15 is 0 Å². The predicted octanol–water partition coefficient (Wildman–Crippen LogP) is 4.73. The van der Waals surface area contributed by atoms with Crippen LogP contribution in [-0.4, -0.2) is 73.7 Å². The molecule has 2 aromatic heterocycles. The van der Waals surface area contributed by atoms with Crippen LogP contribution in [0.15, 0.2) is 36.7 Å². The molecule has 0 amide bonds. The quantitative estimate of drug-likeness (QED) is 0.113. The summed E-state index contributed by atoms with van der Waals surface area (Å²) in [7, 11) is 0. The summed E-state index contributed by atoms with van der Waals surface area (Å²) in [5.74, 6) is 1.61. The van der Waals surface area contributed by atoms with Crippen molar-refractivity contribution >= 4 is 128 Å². The SMILES string of the molecule is S=C(S)N(c1ccc[nH]1)N(C(=S)[S-])N1CCCCC1.S=C(S)N(c1ccc[nH]1)N(C(=S)[S-])N1CCCCC1.[O]=[Mo+2]=[O]. The van der Waals surface area contributed by atoms with Crippen molar-refractivity contribution in [1.82, 2.24) is 30.2 Å². The number of nitrogens with zero attached hydrogens (tertiary/aromatic N) is 6. The topological polar surface area (TPSA) is 85.2 Å². The number of thiocarbonyl (C=S) groups is 4. The number of nitrogens with one attached hydrogen (secondary N) is 2. The van der Waals surface area contributed by atoms with E-state index in [-0.39, 0.29) is 0 Å². The van der Waals surface area contributed by atoms with E-state index in [4.69, 9.17) is 80.9 Å². The van der Waals surface area contributed by atoms with Gasteiger partial charge in [0.2, 0.25) is 0 Å². The molecule has 0 bridgehead atoms. The van der Waals surface area contributed by atoms with Crippen LogP contribution in [0.3, 0.4) is 0 Å². The predicted molar refractivity (Wildman–Crippen MR) is 186 cm³/mol. The summed E-state index contributed by atoms with van der Waals surface area (Å²) in [6, 6.07) is 7.62. The second-order valence-corrected chi connectivity index (χ2v) is 13.1. The zero-order valence-electron chi connectivity index (χ0n) is 21.8. The van der Waals surface area contributed by atoms with Crippen LogP contribution < -0.4 is 10.0 Å². The van der Waals surface area contributed by atoms with Gasteiger partial charge in [0.1, 0.15) is 11.6 Å². The molecule has 0 aliphatic carbocycles. The van der Waals surface area contributed by atoms with Gasteiger partial charge in [0, 0.05) is 38.6 Å². The van der Waals surface area contributed by atoms with Gasteiger partial charge in [0.15, 0.2) is 8.64 Å². The zero-order valence-corrected chi connectivity index (χ0v) is 30.5. The Balaban J connectivity index is 0.000000262. The average Bonchev–Trinajstić information content (AvgIpc) is 3.66. The molecule has 224 valence electrons. The molecule has 0 aromatic carbocycles. The second kappa shape index (κ2) is 19.7. The first-order valence-electron chi connectivity index (χ1n) is 12.4. The summed E-state index contributed by atoms with van der Waals surface area (Å²) in [5.41, 5.74) is 0. The Bertz CT molecular complexity index is 1070. The first-order valence-corrected chi connectivity index (χ1v) is 17.4. The number of hydrazine groups is 4. The number of hydrogen-bond acceptors (Lipinski definition) is 10. The molecule has 10 nitrogen and oxygen atoms in total. The molecule has 2 aromatic rings.